The number of hydrogen-bond acceptors (Lipinski definition) is 5. The fourth-order valence-corrected chi connectivity index (χ4v) is 2.61. The van der Waals surface area contributed by atoms with E-state index in [2.05, 4.69) is 5.32 Å². The number of ether oxygens (including phenoxy) is 1. The highest BCUT2D eigenvalue weighted by Crippen LogP contribution is 2.21. The van der Waals surface area contributed by atoms with Crippen molar-refractivity contribution >= 4 is 29.0 Å². The first kappa shape index (κ1) is 19.6. The molecule has 0 aliphatic heterocycles. The molecule has 0 radical (unpaired) electrons. The van der Waals surface area contributed by atoms with Gasteiger partial charge in [0.05, 0.1) is 6.54 Å². The highest BCUT2D eigenvalue weighted by molar-refractivity contribution is 8.13. The zero-order valence-electron chi connectivity index (χ0n) is 14.3. The van der Waals surface area contributed by atoms with Crippen molar-refractivity contribution in [2.75, 3.05) is 13.2 Å². The number of benzene rings is 2. The van der Waals surface area contributed by atoms with Crippen LogP contribution >= 0.6 is 11.8 Å². The van der Waals surface area contributed by atoms with Crippen LogP contribution in [0.5, 0.6) is 5.75 Å². The van der Waals surface area contributed by atoms with Gasteiger partial charge in [0.15, 0.2) is 0 Å². The fraction of sp³-hybridized carbons (Fsp3) is 0.158. The van der Waals surface area contributed by atoms with E-state index in [-0.39, 0.29) is 5.91 Å². The Morgan fingerprint density at radius 1 is 1.19 bits per heavy atom. The van der Waals surface area contributed by atoms with Gasteiger partial charge in [0.1, 0.15) is 12.4 Å². The molecular formula is C19H20N2O4S. The minimum Gasteiger partial charge on any atom is -0.492 e. The molecule has 2 rings (SSSR count). The molecule has 0 aromatic heterocycles. The zero-order valence-corrected chi connectivity index (χ0v) is 15.1. The van der Waals surface area contributed by atoms with E-state index in [0.29, 0.717) is 23.8 Å². The topological polar surface area (TPSA) is 87.7 Å². The smallest absolute Gasteiger partial charge is 0.307 e. The van der Waals surface area contributed by atoms with E-state index in [1.807, 2.05) is 31.2 Å². The summed E-state index contributed by atoms with van der Waals surface area (Å²) in [5.41, 5.74) is 3.67. The van der Waals surface area contributed by atoms with Crippen LogP contribution in [0.15, 0.2) is 59.5 Å². The molecule has 0 saturated carbocycles. The summed E-state index contributed by atoms with van der Waals surface area (Å²) in [7, 11) is 0. The Kier molecular flexibility index (Phi) is 7.73. The number of hydroxylamine groups is 1. The van der Waals surface area contributed by atoms with Crippen molar-refractivity contribution in [3.8, 4) is 5.75 Å². The maximum absolute atomic E-state index is 11.8. The molecule has 0 fully saturated rings. The van der Waals surface area contributed by atoms with Crippen molar-refractivity contribution in [1.29, 1.82) is 0 Å². The second kappa shape index (κ2) is 10.3. The lowest BCUT2D eigenvalue weighted by atomic mass is 10.1. The minimum atomic E-state index is -0.555. The van der Waals surface area contributed by atoms with Crippen molar-refractivity contribution in [3.63, 3.8) is 0 Å². The molecule has 0 spiro atoms. The van der Waals surface area contributed by atoms with Gasteiger partial charge in [0, 0.05) is 11.0 Å². The molecule has 7 heteroatoms. The maximum atomic E-state index is 11.8. The highest BCUT2D eigenvalue weighted by Gasteiger charge is 2.03. The van der Waals surface area contributed by atoms with Crippen LogP contribution in [0.25, 0.3) is 6.08 Å². The largest absolute Gasteiger partial charge is 0.492 e. The first-order valence-electron chi connectivity index (χ1n) is 7.94. The summed E-state index contributed by atoms with van der Waals surface area (Å²) < 4.78 is 5.52. The molecule has 2 amide bonds. The van der Waals surface area contributed by atoms with E-state index in [4.69, 9.17) is 9.94 Å². The van der Waals surface area contributed by atoms with Gasteiger partial charge in [-0.15, -0.1) is 0 Å². The molecule has 0 aliphatic carbocycles. The van der Waals surface area contributed by atoms with Crippen LogP contribution in [0.2, 0.25) is 0 Å². The van der Waals surface area contributed by atoms with Gasteiger partial charge in [0.25, 0.3) is 0 Å². The number of nitrogens with one attached hydrogen (secondary N) is 2. The number of carbonyl (C=O) groups is 2. The first-order valence-corrected chi connectivity index (χ1v) is 8.76. The molecule has 0 atom stereocenters. The number of rotatable bonds is 7. The number of amides is 2. The summed E-state index contributed by atoms with van der Waals surface area (Å²) in [4.78, 5) is 23.5. The Morgan fingerprint density at radius 2 is 1.96 bits per heavy atom. The van der Waals surface area contributed by atoms with E-state index in [0.717, 1.165) is 22.9 Å². The van der Waals surface area contributed by atoms with Gasteiger partial charge < -0.3 is 10.1 Å². The van der Waals surface area contributed by atoms with Gasteiger partial charge in [-0.2, -0.15) is 0 Å². The minimum absolute atomic E-state index is 0.183. The van der Waals surface area contributed by atoms with Gasteiger partial charge in [-0.25, -0.2) is 5.48 Å². The predicted octanol–water partition coefficient (Wildman–Crippen LogP) is 3.39. The van der Waals surface area contributed by atoms with Crippen molar-refractivity contribution in [2.24, 2.45) is 0 Å². The first-order chi connectivity index (χ1) is 12.6. The Labute approximate surface area is 156 Å². The summed E-state index contributed by atoms with van der Waals surface area (Å²) in [6.45, 7) is 2.70. The fourth-order valence-electron chi connectivity index (χ4n) is 2.08. The Hall–Kier alpha value is -2.77. The molecule has 2 aromatic rings. The van der Waals surface area contributed by atoms with Crippen LogP contribution in [0.1, 0.15) is 11.1 Å². The molecule has 0 aliphatic rings. The lowest BCUT2D eigenvalue weighted by molar-refractivity contribution is -0.116. The lowest BCUT2D eigenvalue weighted by Gasteiger charge is -2.07. The monoisotopic (exact) mass is 372 g/mol. The Bertz CT molecular complexity index is 775. The van der Waals surface area contributed by atoms with Crippen LogP contribution in [0.3, 0.4) is 0 Å². The number of thioether (sulfide) groups is 1. The van der Waals surface area contributed by atoms with Crippen LogP contribution in [-0.4, -0.2) is 29.5 Å². The van der Waals surface area contributed by atoms with E-state index in [9.17, 15) is 9.59 Å². The predicted molar refractivity (Wildman–Crippen MR) is 101 cm³/mol. The molecule has 0 heterocycles. The normalized spacial score (nSPS) is 10.5. The highest BCUT2D eigenvalue weighted by atomic mass is 32.2. The summed E-state index contributed by atoms with van der Waals surface area (Å²) in [6, 6.07) is 14.7. The Morgan fingerprint density at radius 3 is 2.65 bits per heavy atom. The quantitative estimate of drug-likeness (QED) is 0.228. The maximum Gasteiger partial charge on any atom is 0.307 e. The summed E-state index contributed by atoms with van der Waals surface area (Å²) in [5, 5.41) is 10.7. The standard InChI is InChI=1S/C19H20N2O4S/c1-14-3-2-4-15(13-14)5-10-18(22)20-11-12-25-16-6-8-17(9-7-16)26-19(23)21-24/h2-10,13,24H,11-12H2,1H3,(H,20,22)(H,21,23)/b10-5+. The number of aryl methyl sites for hydroxylation is 1. The molecule has 3 N–H and O–H groups in total. The summed E-state index contributed by atoms with van der Waals surface area (Å²) in [5.74, 6) is 0.445. The van der Waals surface area contributed by atoms with Gasteiger partial charge >= 0.3 is 5.24 Å². The van der Waals surface area contributed by atoms with E-state index < -0.39 is 5.24 Å². The molecule has 2 aromatic carbocycles. The van der Waals surface area contributed by atoms with Gasteiger partial charge in [-0.1, -0.05) is 29.8 Å². The SMILES string of the molecule is Cc1cccc(/C=C/C(=O)NCCOc2ccc(SC(=O)NO)cc2)c1. The van der Waals surface area contributed by atoms with Gasteiger partial charge in [0.2, 0.25) is 5.91 Å². The molecular weight excluding hydrogens is 352 g/mol. The van der Waals surface area contributed by atoms with Crippen molar-refractivity contribution in [1.82, 2.24) is 10.8 Å². The van der Waals surface area contributed by atoms with Crippen molar-refractivity contribution in [2.45, 2.75) is 11.8 Å². The van der Waals surface area contributed by atoms with Crippen LogP contribution in [-0.2, 0) is 4.79 Å². The van der Waals surface area contributed by atoms with Crippen LogP contribution < -0.4 is 15.5 Å². The van der Waals surface area contributed by atoms with E-state index in [1.165, 1.54) is 6.08 Å². The van der Waals surface area contributed by atoms with E-state index >= 15 is 0 Å². The second-order valence-electron chi connectivity index (χ2n) is 5.36. The average Bonchev–Trinajstić information content (AvgIpc) is 2.65. The summed E-state index contributed by atoms with van der Waals surface area (Å²) in [6.07, 6.45) is 3.26. The molecule has 136 valence electrons. The van der Waals surface area contributed by atoms with Crippen LogP contribution in [0.4, 0.5) is 4.79 Å². The lowest BCUT2D eigenvalue weighted by Crippen LogP contribution is -2.26. The van der Waals surface area contributed by atoms with Crippen LogP contribution in [0, 0.1) is 6.92 Å². The van der Waals surface area contributed by atoms with E-state index in [1.54, 1.807) is 35.8 Å². The third-order valence-electron chi connectivity index (χ3n) is 3.26. The molecule has 0 bridgehead atoms. The average molecular weight is 372 g/mol. The third-order valence-corrected chi connectivity index (χ3v) is 4.05. The second-order valence-corrected chi connectivity index (χ2v) is 6.41. The van der Waals surface area contributed by atoms with Crippen molar-refractivity contribution in [3.05, 3.63) is 65.7 Å². The third kappa shape index (κ3) is 7.00. The van der Waals surface area contributed by atoms with Gasteiger partial charge in [-0.05, 0) is 54.6 Å². The number of carbonyl (C=O) groups excluding carboxylic acids is 2. The van der Waals surface area contributed by atoms with Gasteiger partial charge in [-0.3, -0.25) is 14.8 Å². The zero-order chi connectivity index (χ0) is 18.8. The molecule has 0 unspecified atom stereocenters. The van der Waals surface area contributed by atoms with Crippen molar-refractivity contribution < 1.29 is 19.5 Å². The molecule has 0 saturated heterocycles. The Balaban J connectivity index is 1.69. The number of hydrogen-bond donors (Lipinski definition) is 3. The molecule has 26 heavy (non-hydrogen) atoms. The summed E-state index contributed by atoms with van der Waals surface area (Å²) >= 11 is 0.869. The molecule has 6 nitrogen and oxygen atoms in total.